The van der Waals surface area contributed by atoms with Crippen LogP contribution in [0.2, 0.25) is 0 Å². The SMILES string of the molecule is CC(C)N(C=O)C1(C(=O)O)CCOC1. The van der Waals surface area contributed by atoms with Crippen molar-refractivity contribution in [3.05, 3.63) is 0 Å². The van der Waals surface area contributed by atoms with Gasteiger partial charge in [0.05, 0.1) is 6.61 Å². The molecule has 1 N–H and O–H groups in total. The minimum Gasteiger partial charge on any atom is -0.479 e. The normalized spacial score (nSPS) is 26.5. The van der Waals surface area contributed by atoms with E-state index in [1.165, 1.54) is 4.90 Å². The van der Waals surface area contributed by atoms with Gasteiger partial charge in [0.25, 0.3) is 0 Å². The molecule has 14 heavy (non-hydrogen) atoms. The van der Waals surface area contributed by atoms with Gasteiger partial charge in [0.1, 0.15) is 0 Å². The van der Waals surface area contributed by atoms with Crippen LogP contribution < -0.4 is 0 Å². The fraction of sp³-hybridized carbons (Fsp3) is 0.778. The third kappa shape index (κ3) is 1.59. The Morgan fingerprint density at radius 1 is 1.64 bits per heavy atom. The monoisotopic (exact) mass is 201 g/mol. The maximum atomic E-state index is 11.1. The largest absolute Gasteiger partial charge is 0.479 e. The number of carboxylic acid groups (broad SMARTS) is 1. The highest BCUT2D eigenvalue weighted by atomic mass is 16.5. The molecule has 0 aromatic carbocycles. The molecule has 1 saturated heterocycles. The van der Waals surface area contributed by atoms with Crippen molar-refractivity contribution >= 4 is 12.4 Å². The van der Waals surface area contributed by atoms with Crippen molar-refractivity contribution in [2.45, 2.75) is 31.8 Å². The first kappa shape index (κ1) is 11.0. The van der Waals surface area contributed by atoms with Crippen LogP contribution in [0, 0.1) is 0 Å². The summed E-state index contributed by atoms with van der Waals surface area (Å²) in [7, 11) is 0. The number of ether oxygens (including phenoxy) is 1. The molecule has 0 spiro atoms. The summed E-state index contributed by atoms with van der Waals surface area (Å²) in [5.41, 5.74) is -1.16. The fourth-order valence-corrected chi connectivity index (χ4v) is 1.75. The van der Waals surface area contributed by atoms with Gasteiger partial charge >= 0.3 is 5.97 Å². The minimum atomic E-state index is -1.16. The molecular formula is C9H15NO4. The molecular weight excluding hydrogens is 186 g/mol. The van der Waals surface area contributed by atoms with Gasteiger partial charge in [-0.2, -0.15) is 0 Å². The van der Waals surface area contributed by atoms with Crippen LogP contribution in [-0.2, 0) is 14.3 Å². The van der Waals surface area contributed by atoms with Crippen molar-refractivity contribution in [3.8, 4) is 0 Å². The van der Waals surface area contributed by atoms with Crippen molar-refractivity contribution in [2.75, 3.05) is 13.2 Å². The number of hydrogen-bond donors (Lipinski definition) is 1. The maximum absolute atomic E-state index is 11.1. The topological polar surface area (TPSA) is 66.8 Å². The lowest BCUT2D eigenvalue weighted by atomic mass is 9.95. The molecule has 1 amide bonds. The molecule has 5 nitrogen and oxygen atoms in total. The lowest BCUT2D eigenvalue weighted by molar-refractivity contribution is -0.157. The second-order valence-electron chi connectivity index (χ2n) is 3.75. The van der Waals surface area contributed by atoms with Gasteiger partial charge in [0.2, 0.25) is 6.41 Å². The van der Waals surface area contributed by atoms with Crippen LogP contribution in [0.4, 0.5) is 0 Å². The number of carbonyl (C=O) groups is 2. The quantitative estimate of drug-likeness (QED) is 0.655. The van der Waals surface area contributed by atoms with Crippen molar-refractivity contribution in [1.82, 2.24) is 4.90 Å². The van der Waals surface area contributed by atoms with Crippen molar-refractivity contribution in [2.24, 2.45) is 0 Å². The lowest BCUT2D eigenvalue weighted by Gasteiger charge is -2.36. The number of aliphatic carboxylic acids is 1. The molecule has 80 valence electrons. The van der Waals surface area contributed by atoms with Crippen LogP contribution in [0.1, 0.15) is 20.3 Å². The molecule has 1 fully saturated rings. The van der Waals surface area contributed by atoms with Crippen LogP contribution in [0.3, 0.4) is 0 Å². The molecule has 1 aliphatic rings. The average molecular weight is 201 g/mol. The highest BCUT2D eigenvalue weighted by Gasteiger charge is 2.48. The first-order chi connectivity index (χ1) is 6.54. The summed E-state index contributed by atoms with van der Waals surface area (Å²) < 4.78 is 5.07. The van der Waals surface area contributed by atoms with Gasteiger partial charge in [0.15, 0.2) is 5.54 Å². The molecule has 1 unspecified atom stereocenters. The Labute approximate surface area is 82.6 Å². The molecule has 1 atom stereocenters. The van der Waals surface area contributed by atoms with Gasteiger partial charge in [-0.3, -0.25) is 4.79 Å². The predicted octanol–water partition coefficient (Wildman–Crippen LogP) is 0.0969. The van der Waals surface area contributed by atoms with Gasteiger partial charge in [-0.25, -0.2) is 4.79 Å². The summed E-state index contributed by atoms with van der Waals surface area (Å²) in [6.45, 7) is 4.05. The number of amides is 1. The zero-order chi connectivity index (χ0) is 10.8. The first-order valence-corrected chi connectivity index (χ1v) is 4.59. The number of carbonyl (C=O) groups excluding carboxylic acids is 1. The van der Waals surface area contributed by atoms with Gasteiger partial charge in [-0.15, -0.1) is 0 Å². The third-order valence-corrected chi connectivity index (χ3v) is 2.56. The molecule has 1 rings (SSSR count). The van der Waals surface area contributed by atoms with Crippen LogP contribution in [0.25, 0.3) is 0 Å². The van der Waals surface area contributed by atoms with E-state index >= 15 is 0 Å². The summed E-state index contributed by atoms with van der Waals surface area (Å²) >= 11 is 0. The number of hydrogen-bond acceptors (Lipinski definition) is 3. The summed E-state index contributed by atoms with van der Waals surface area (Å²) in [5, 5.41) is 9.13. The molecule has 0 saturated carbocycles. The van der Waals surface area contributed by atoms with E-state index in [0.717, 1.165) is 0 Å². The predicted molar refractivity (Wildman–Crippen MR) is 48.8 cm³/mol. The van der Waals surface area contributed by atoms with Gasteiger partial charge in [-0.05, 0) is 13.8 Å². The Bertz CT molecular complexity index is 233. The Hall–Kier alpha value is -1.10. The molecule has 0 bridgehead atoms. The number of rotatable bonds is 4. The van der Waals surface area contributed by atoms with Gasteiger partial charge in [0, 0.05) is 19.1 Å². The summed E-state index contributed by atoms with van der Waals surface area (Å²) in [4.78, 5) is 23.3. The smallest absolute Gasteiger partial charge is 0.332 e. The zero-order valence-electron chi connectivity index (χ0n) is 8.40. The highest BCUT2D eigenvalue weighted by molar-refractivity contribution is 5.82. The Morgan fingerprint density at radius 2 is 2.29 bits per heavy atom. The molecule has 0 aliphatic carbocycles. The highest BCUT2D eigenvalue weighted by Crippen LogP contribution is 2.27. The Kier molecular flexibility index (Phi) is 3.10. The minimum absolute atomic E-state index is 0.0826. The standard InChI is InChI=1S/C9H15NO4/c1-7(2)10(6-11)9(8(12)13)3-4-14-5-9/h6-7H,3-5H2,1-2H3,(H,12,13). The second kappa shape index (κ2) is 3.96. The third-order valence-electron chi connectivity index (χ3n) is 2.56. The van der Waals surface area contributed by atoms with E-state index in [-0.39, 0.29) is 12.6 Å². The fourth-order valence-electron chi connectivity index (χ4n) is 1.75. The Morgan fingerprint density at radius 3 is 2.57 bits per heavy atom. The molecule has 0 aromatic heterocycles. The van der Waals surface area contributed by atoms with Crippen LogP contribution in [0.15, 0.2) is 0 Å². The number of nitrogens with zero attached hydrogens (tertiary/aromatic N) is 1. The van der Waals surface area contributed by atoms with E-state index in [9.17, 15) is 9.59 Å². The summed E-state index contributed by atoms with van der Waals surface area (Å²) in [6, 6.07) is -0.134. The van der Waals surface area contributed by atoms with E-state index in [1.807, 2.05) is 0 Å². The first-order valence-electron chi connectivity index (χ1n) is 4.59. The lowest BCUT2D eigenvalue weighted by Crippen LogP contribution is -2.57. The second-order valence-corrected chi connectivity index (χ2v) is 3.75. The van der Waals surface area contributed by atoms with Crippen molar-refractivity contribution in [1.29, 1.82) is 0 Å². The van der Waals surface area contributed by atoms with E-state index in [4.69, 9.17) is 9.84 Å². The van der Waals surface area contributed by atoms with Crippen molar-refractivity contribution in [3.63, 3.8) is 0 Å². The zero-order valence-corrected chi connectivity index (χ0v) is 8.40. The van der Waals surface area contributed by atoms with Crippen LogP contribution in [0.5, 0.6) is 0 Å². The van der Waals surface area contributed by atoms with Crippen molar-refractivity contribution < 1.29 is 19.4 Å². The summed E-state index contributed by atoms with van der Waals surface area (Å²) in [5.74, 6) is -0.990. The van der Waals surface area contributed by atoms with E-state index < -0.39 is 11.5 Å². The maximum Gasteiger partial charge on any atom is 0.332 e. The molecule has 0 radical (unpaired) electrons. The Balaban J connectivity index is 2.96. The van der Waals surface area contributed by atoms with Gasteiger partial charge < -0.3 is 14.7 Å². The molecule has 5 heteroatoms. The summed E-state index contributed by atoms with van der Waals surface area (Å²) in [6.07, 6.45) is 0.951. The van der Waals surface area contributed by atoms with Gasteiger partial charge in [-0.1, -0.05) is 0 Å². The van der Waals surface area contributed by atoms with Crippen LogP contribution in [-0.4, -0.2) is 47.2 Å². The molecule has 1 heterocycles. The van der Waals surface area contributed by atoms with E-state index in [1.54, 1.807) is 13.8 Å². The van der Waals surface area contributed by atoms with Crippen LogP contribution >= 0.6 is 0 Å². The molecule has 0 aromatic rings. The number of carboxylic acids is 1. The average Bonchev–Trinajstić information content (AvgIpc) is 2.54. The van der Waals surface area contributed by atoms with E-state index in [2.05, 4.69) is 0 Å². The van der Waals surface area contributed by atoms with E-state index in [0.29, 0.717) is 19.4 Å². The molecule has 1 aliphatic heterocycles.